The molecule has 0 saturated carbocycles. The van der Waals surface area contributed by atoms with Gasteiger partial charge in [-0.25, -0.2) is 0 Å². The Morgan fingerprint density at radius 1 is 1.47 bits per heavy atom. The molecule has 0 spiro atoms. The predicted octanol–water partition coefficient (Wildman–Crippen LogP) is 0.197. The zero-order valence-electron chi connectivity index (χ0n) is 9.69. The van der Waals surface area contributed by atoms with Crippen molar-refractivity contribution in [2.24, 2.45) is 5.73 Å². The van der Waals surface area contributed by atoms with Crippen LogP contribution in [0.5, 0.6) is 0 Å². The molecule has 1 saturated heterocycles. The quantitative estimate of drug-likeness (QED) is 0.666. The number of nitrogens with two attached hydrogens (primary N) is 1. The molecule has 0 bridgehead atoms. The van der Waals surface area contributed by atoms with E-state index < -0.39 is 0 Å². The molecule has 0 aromatic heterocycles. The Kier molecular flexibility index (Phi) is 6.17. The van der Waals surface area contributed by atoms with Crippen LogP contribution in [-0.2, 0) is 4.74 Å². The van der Waals surface area contributed by atoms with E-state index >= 15 is 0 Å². The Morgan fingerprint density at radius 2 is 2.13 bits per heavy atom. The Bertz CT molecular complexity index is 159. The standard InChI is InChI=1S/C11H24N2O2/c1-2-15-11(9-12)5-8-13-6-3-10(14)4-7-13/h10-11,14H,2-9,12H2,1H3. The van der Waals surface area contributed by atoms with Gasteiger partial charge in [0.15, 0.2) is 0 Å². The van der Waals surface area contributed by atoms with Crippen molar-refractivity contribution in [1.29, 1.82) is 0 Å². The summed E-state index contributed by atoms with van der Waals surface area (Å²) in [4.78, 5) is 2.38. The topological polar surface area (TPSA) is 58.7 Å². The summed E-state index contributed by atoms with van der Waals surface area (Å²) in [6, 6.07) is 0. The van der Waals surface area contributed by atoms with Crippen LogP contribution in [0.2, 0.25) is 0 Å². The molecule has 4 nitrogen and oxygen atoms in total. The third-order valence-corrected chi connectivity index (χ3v) is 2.99. The second kappa shape index (κ2) is 7.17. The lowest BCUT2D eigenvalue weighted by molar-refractivity contribution is 0.0413. The van der Waals surface area contributed by atoms with Crippen LogP contribution in [0.1, 0.15) is 26.2 Å². The number of hydrogen-bond acceptors (Lipinski definition) is 4. The summed E-state index contributed by atoms with van der Waals surface area (Å²) in [5, 5.41) is 9.36. The Labute approximate surface area is 92.4 Å². The average molecular weight is 216 g/mol. The lowest BCUT2D eigenvalue weighted by Crippen LogP contribution is -2.38. The van der Waals surface area contributed by atoms with E-state index in [9.17, 15) is 5.11 Å². The molecule has 0 aromatic carbocycles. The second-order valence-corrected chi connectivity index (χ2v) is 4.17. The van der Waals surface area contributed by atoms with Gasteiger partial charge in [-0.05, 0) is 26.2 Å². The average Bonchev–Trinajstić information content (AvgIpc) is 2.26. The maximum absolute atomic E-state index is 9.36. The number of likely N-dealkylation sites (tertiary alicyclic amines) is 1. The SMILES string of the molecule is CCOC(CN)CCN1CCC(O)CC1. The van der Waals surface area contributed by atoms with E-state index in [-0.39, 0.29) is 12.2 Å². The van der Waals surface area contributed by atoms with Crippen LogP contribution in [0.3, 0.4) is 0 Å². The molecular weight excluding hydrogens is 192 g/mol. The Hall–Kier alpha value is -0.160. The molecular formula is C11H24N2O2. The van der Waals surface area contributed by atoms with Crippen molar-refractivity contribution in [3.63, 3.8) is 0 Å². The minimum absolute atomic E-state index is 0.0848. The molecule has 90 valence electrons. The van der Waals surface area contributed by atoms with E-state index in [1.807, 2.05) is 6.92 Å². The first-order valence-electron chi connectivity index (χ1n) is 5.98. The Balaban J connectivity index is 2.12. The van der Waals surface area contributed by atoms with Crippen molar-refractivity contribution >= 4 is 0 Å². The minimum Gasteiger partial charge on any atom is -0.393 e. The fraction of sp³-hybridized carbons (Fsp3) is 1.00. The lowest BCUT2D eigenvalue weighted by atomic mass is 10.1. The van der Waals surface area contributed by atoms with E-state index in [0.717, 1.165) is 45.5 Å². The van der Waals surface area contributed by atoms with Crippen LogP contribution in [0.4, 0.5) is 0 Å². The number of rotatable bonds is 6. The molecule has 0 aliphatic carbocycles. The van der Waals surface area contributed by atoms with Crippen molar-refractivity contribution < 1.29 is 9.84 Å². The number of piperidine rings is 1. The summed E-state index contributed by atoms with van der Waals surface area (Å²) in [7, 11) is 0. The Morgan fingerprint density at radius 3 is 2.67 bits per heavy atom. The molecule has 15 heavy (non-hydrogen) atoms. The molecule has 1 fully saturated rings. The normalized spacial score (nSPS) is 21.8. The molecule has 0 aromatic rings. The molecule has 1 aliphatic heterocycles. The van der Waals surface area contributed by atoms with Crippen LogP contribution >= 0.6 is 0 Å². The molecule has 1 atom stereocenters. The summed E-state index contributed by atoms with van der Waals surface area (Å²) >= 11 is 0. The summed E-state index contributed by atoms with van der Waals surface area (Å²) in [6.07, 6.45) is 2.92. The van der Waals surface area contributed by atoms with Gasteiger partial charge < -0.3 is 20.5 Å². The van der Waals surface area contributed by atoms with Crippen molar-refractivity contribution in [1.82, 2.24) is 4.90 Å². The first-order valence-corrected chi connectivity index (χ1v) is 5.98. The van der Waals surface area contributed by atoms with Gasteiger partial charge in [0, 0.05) is 32.8 Å². The zero-order chi connectivity index (χ0) is 11.1. The van der Waals surface area contributed by atoms with Gasteiger partial charge in [0.05, 0.1) is 12.2 Å². The number of aliphatic hydroxyl groups is 1. The molecule has 1 aliphatic rings. The van der Waals surface area contributed by atoms with Crippen molar-refractivity contribution in [3.8, 4) is 0 Å². The second-order valence-electron chi connectivity index (χ2n) is 4.17. The summed E-state index contributed by atoms with van der Waals surface area (Å²) in [5.41, 5.74) is 5.61. The van der Waals surface area contributed by atoms with Gasteiger partial charge in [0.25, 0.3) is 0 Å². The maximum Gasteiger partial charge on any atom is 0.0709 e. The van der Waals surface area contributed by atoms with Gasteiger partial charge in [-0.2, -0.15) is 0 Å². The van der Waals surface area contributed by atoms with Crippen LogP contribution in [0.25, 0.3) is 0 Å². The van der Waals surface area contributed by atoms with Gasteiger partial charge in [-0.3, -0.25) is 0 Å². The van der Waals surface area contributed by atoms with E-state index in [2.05, 4.69) is 4.90 Å². The predicted molar refractivity (Wildman–Crippen MR) is 60.8 cm³/mol. The summed E-state index contributed by atoms with van der Waals surface area (Å²) in [5.74, 6) is 0. The minimum atomic E-state index is -0.0848. The molecule has 1 unspecified atom stereocenters. The van der Waals surface area contributed by atoms with Crippen molar-refractivity contribution in [2.75, 3.05) is 32.8 Å². The van der Waals surface area contributed by atoms with E-state index in [0.29, 0.717) is 6.54 Å². The smallest absolute Gasteiger partial charge is 0.0709 e. The van der Waals surface area contributed by atoms with Crippen molar-refractivity contribution in [2.45, 2.75) is 38.4 Å². The number of ether oxygens (including phenoxy) is 1. The highest BCUT2D eigenvalue weighted by atomic mass is 16.5. The molecule has 1 heterocycles. The molecule has 1 rings (SSSR count). The van der Waals surface area contributed by atoms with Crippen molar-refractivity contribution in [3.05, 3.63) is 0 Å². The van der Waals surface area contributed by atoms with E-state index in [1.165, 1.54) is 0 Å². The van der Waals surface area contributed by atoms with Gasteiger partial charge in [-0.1, -0.05) is 0 Å². The van der Waals surface area contributed by atoms with Gasteiger partial charge in [0.2, 0.25) is 0 Å². The number of aliphatic hydroxyl groups excluding tert-OH is 1. The third-order valence-electron chi connectivity index (χ3n) is 2.99. The van der Waals surface area contributed by atoms with Crippen LogP contribution in [0.15, 0.2) is 0 Å². The fourth-order valence-electron chi connectivity index (χ4n) is 1.97. The van der Waals surface area contributed by atoms with Crippen LogP contribution in [0, 0.1) is 0 Å². The number of hydrogen-bond donors (Lipinski definition) is 2. The van der Waals surface area contributed by atoms with Gasteiger partial charge in [-0.15, -0.1) is 0 Å². The highest BCUT2D eigenvalue weighted by Gasteiger charge is 2.17. The maximum atomic E-state index is 9.36. The number of nitrogens with zero attached hydrogens (tertiary/aromatic N) is 1. The van der Waals surface area contributed by atoms with Gasteiger partial charge >= 0.3 is 0 Å². The highest BCUT2D eigenvalue weighted by molar-refractivity contribution is 4.72. The third kappa shape index (κ3) is 4.93. The summed E-state index contributed by atoms with van der Waals surface area (Å²) in [6.45, 7) is 6.38. The largest absolute Gasteiger partial charge is 0.393 e. The molecule has 3 N–H and O–H groups in total. The first-order chi connectivity index (χ1) is 7.26. The van der Waals surface area contributed by atoms with E-state index in [4.69, 9.17) is 10.5 Å². The van der Waals surface area contributed by atoms with E-state index in [1.54, 1.807) is 0 Å². The summed E-state index contributed by atoms with van der Waals surface area (Å²) < 4.78 is 5.50. The van der Waals surface area contributed by atoms with Crippen LogP contribution < -0.4 is 5.73 Å². The zero-order valence-corrected chi connectivity index (χ0v) is 9.69. The van der Waals surface area contributed by atoms with Gasteiger partial charge in [0.1, 0.15) is 0 Å². The molecule has 0 radical (unpaired) electrons. The molecule has 4 heteroatoms. The van der Waals surface area contributed by atoms with Crippen LogP contribution in [-0.4, -0.2) is 55.0 Å². The first kappa shape index (κ1) is 12.9. The molecule has 0 amide bonds. The highest BCUT2D eigenvalue weighted by Crippen LogP contribution is 2.11. The lowest BCUT2D eigenvalue weighted by Gasteiger charge is -2.30. The fourth-order valence-corrected chi connectivity index (χ4v) is 1.97. The monoisotopic (exact) mass is 216 g/mol.